The summed E-state index contributed by atoms with van der Waals surface area (Å²) in [5.41, 5.74) is 0. The fraction of sp³-hybridized carbons (Fsp3) is 0.286. The van der Waals surface area contributed by atoms with Crippen molar-refractivity contribution in [3.8, 4) is 17.6 Å². The van der Waals surface area contributed by atoms with Gasteiger partial charge in [0.2, 0.25) is 0 Å². The van der Waals surface area contributed by atoms with Crippen LogP contribution in [0.5, 0.6) is 5.75 Å². The average Bonchev–Trinajstić information content (AvgIpc) is 2.44. The standard InChI is InChI=1S/C14H14ClNO4/c1-2-19-14(18)13(17)16-9-5-6-10-20-12-8-4-3-7-11(12)15/h3-4,7-8H,2,9-10H2,1H3,(H,16,17). The van der Waals surface area contributed by atoms with Gasteiger partial charge in [-0.25, -0.2) is 4.79 Å². The third kappa shape index (κ3) is 5.63. The number of carbonyl (C=O) groups is 2. The second-order valence-corrected chi connectivity index (χ2v) is 3.88. The van der Waals surface area contributed by atoms with E-state index in [-0.39, 0.29) is 19.8 Å². The molecule has 1 aromatic carbocycles. The van der Waals surface area contributed by atoms with Crippen molar-refractivity contribution in [3.05, 3.63) is 29.3 Å². The van der Waals surface area contributed by atoms with Gasteiger partial charge in [-0.3, -0.25) is 4.79 Å². The van der Waals surface area contributed by atoms with Crippen LogP contribution < -0.4 is 10.1 Å². The highest BCUT2D eigenvalue weighted by Gasteiger charge is 2.12. The minimum Gasteiger partial charge on any atom is -0.479 e. The van der Waals surface area contributed by atoms with Crippen molar-refractivity contribution < 1.29 is 19.1 Å². The van der Waals surface area contributed by atoms with Gasteiger partial charge in [0, 0.05) is 0 Å². The van der Waals surface area contributed by atoms with Crippen molar-refractivity contribution in [2.24, 2.45) is 0 Å². The summed E-state index contributed by atoms with van der Waals surface area (Å²) in [6.07, 6.45) is 0. The fourth-order valence-corrected chi connectivity index (χ4v) is 1.37. The van der Waals surface area contributed by atoms with E-state index in [0.717, 1.165) is 0 Å². The molecule has 0 aliphatic rings. The molecule has 20 heavy (non-hydrogen) atoms. The SMILES string of the molecule is CCOC(=O)C(=O)NCC#CCOc1ccccc1Cl. The number of amides is 1. The van der Waals surface area contributed by atoms with Crippen molar-refractivity contribution in [1.82, 2.24) is 5.32 Å². The lowest BCUT2D eigenvalue weighted by atomic mass is 10.3. The zero-order valence-electron chi connectivity index (χ0n) is 10.9. The molecule has 6 heteroatoms. The van der Waals surface area contributed by atoms with Crippen LogP contribution in [0.25, 0.3) is 0 Å². The van der Waals surface area contributed by atoms with Gasteiger partial charge in [-0.15, -0.1) is 0 Å². The smallest absolute Gasteiger partial charge is 0.396 e. The highest BCUT2D eigenvalue weighted by Crippen LogP contribution is 2.22. The Bertz CT molecular complexity index is 533. The number of hydrogen-bond donors (Lipinski definition) is 1. The van der Waals surface area contributed by atoms with Crippen molar-refractivity contribution in [2.75, 3.05) is 19.8 Å². The maximum Gasteiger partial charge on any atom is 0.396 e. The molecule has 0 saturated carbocycles. The van der Waals surface area contributed by atoms with Crippen molar-refractivity contribution >= 4 is 23.5 Å². The van der Waals surface area contributed by atoms with Crippen LogP contribution in [-0.4, -0.2) is 31.6 Å². The summed E-state index contributed by atoms with van der Waals surface area (Å²) in [7, 11) is 0. The van der Waals surface area contributed by atoms with Crippen LogP contribution >= 0.6 is 11.6 Å². The zero-order chi connectivity index (χ0) is 14.8. The van der Waals surface area contributed by atoms with Gasteiger partial charge in [-0.2, -0.15) is 0 Å². The molecule has 1 N–H and O–H groups in total. The van der Waals surface area contributed by atoms with Crippen molar-refractivity contribution in [3.63, 3.8) is 0 Å². The normalized spacial score (nSPS) is 9.10. The van der Waals surface area contributed by atoms with Gasteiger partial charge in [-0.1, -0.05) is 35.6 Å². The molecule has 0 aliphatic carbocycles. The molecule has 0 unspecified atom stereocenters. The van der Waals surface area contributed by atoms with Gasteiger partial charge in [-0.05, 0) is 19.1 Å². The monoisotopic (exact) mass is 295 g/mol. The molecular weight excluding hydrogens is 282 g/mol. The lowest BCUT2D eigenvalue weighted by Crippen LogP contribution is -2.32. The van der Waals surface area contributed by atoms with Crippen LogP contribution in [0.1, 0.15) is 6.92 Å². The van der Waals surface area contributed by atoms with E-state index in [1.54, 1.807) is 31.2 Å². The lowest BCUT2D eigenvalue weighted by Gasteiger charge is -2.03. The molecule has 0 aromatic heterocycles. The Morgan fingerprint density at radius 1 is 1.30 bits per heavy atom. The molecule has 0 bridgehead atoms. The molecular formula is C14H14ClNO4. The predicted molar refractivity (Wildman–Crippen MR) is 74.4 cm³/mol. The summed E-state index contributed by atoms with van der Waals surface area (Å²) in [5, 5.41) is 2.81. The maximum atomic E-state index is 11.1. The first-order chi connectivity index (χ1) is 9.65. The minimum atomic E-state index is -0.915. The van der Waals surface area contributed by atoms with E-state index in [4.69, 9.17) is 16.3 Å². The second kappa shape index (κ2) is 8.83. The number of para-hydroxylation sites is 1. The van der Waals surface area contributed by atoms with Gasteiger partial charge in [0.25, 0.3) is 0 Å². The number of hydrogen-bond acceptors (Lipinski definition) is 4. The second-order valence-electron chi connectivity index (χ2n) is 3.48. The summed E-state index contributed by atoms with van der Waals surface area (Å²) in [6.45, 7) is 1.96. The molecule has 5 nitrogen and oxygen atoms in total. The molecule has 1 rings (SSSR count). The van der Waals surface area contributed by atoms with E-state index in [9.17, 15) is 9.59 Å². The maximum absolute atomic E-state index is 11.1. The van der Waals surface area contributed by atoms with Crippen LogP contribution in [0.15, 0.2) is 24.3 Å². The van der Waals surface area contributed by atoms with E-state index in [1.165, 1.54) is 0 Å². The summed E-state index contributed by atoms with van der Waals surface area (Å²) in [5.74, 6) is 4.15. The van der Waals surface area contributed by atoms with E-state index in [1.807, 2.05) is 0 Å². The van der Waals surface area contributed by atoms with Crippen LogP contribution in [-0.2, 0) is 14.3 Å². The molecule has 0 radical (unpaired) electrons. The number of carbonyl (C=O) groups excluding carboxylic acids is 2. The Hall–Kier alpha value is -2.19. The van der Waals surface area contributed by atoms with E-state index < -0.39 is 11.9 Å². The zero-order valence-corrected chi connectivity index (χ0v) is 11.7. The summed E-state index contributed by atoms with van der Waals surface area (Å²) in [6, 6.07) is 7.04. The molecule has 0 aliphatic heterocycles. The van der Waals surface area contributed by atoms with Crippen LogP contribution in [0, 0.1) is 11.8 Å². The van der Waals surface area contributed by atoms with Crippen molar-refractivity contribution in [1.29, 1.82) is 0 Å². The van der Waals surface area contributed by atoms with Crippen LogP contribution in [0.2, 0.25) is 5.02 Å². The average molecular weight is 296 g/mol. The minimum absolute atomic E-state index is 0.0452. The first kappa shape index (κ1) is 15.9. The predicted octanol–water partition coefficient (Wildman–Crippen LogP) is 1.40. The molecule has 106 valence electrons. The summed E-state index contributed by atoms with van der Waals surface area (Å²) in [4.78, 5) is 22.1. The lowest BCUT2D eigenvalue weighted by molar-refractivity contribution is -0.154. The van der Waals surface area contributed by atoms with Gasteiger partial charge < -0.3 is 14.8 Å². The van der Waals surface area contributed by atoms with E-state index >= 15 is 0 Å². The third-order valence-electron chi connectivity index (χ3n) is 2.06. The number of ether oxygens (including phenoxy) is 2. The highest BCUT2D eigenvalue weighted by atomic mass is 35.5. The van der Waals surface area contributed by atoms with E-state index in [2.05, 4.69) is 21.9 Å². The Balaban J connectivity index is 2.26. The van der Waals surface area contributed by atoms with Crippen molar-refractivity contribution in [2.45, 2.75) is 6.92 Å². The number of esters is 1. The van der Waals surface area contributed by atoms with Gasteiger partial charge in [0.15, 0.2) is 0 Å². The first-order valence-electron chi connectivity index (χ1n) is 5.93. The molecule has 0 saturated heterocycles. The van der Waals surface area contributed by atoms with Crippen LogP contribution in [0.4, 0.5) is 0 Å². The summed E-state index contributed by atoms with van der Waals surface area (Å²) < 4.78 is 9.83. The summed E-state index contributed by atoms with van der Waals surface area (Å²) >= 11 is 5.89. The molecule has 0 atom stereocenters. The largest absolute Gasteiger partial charge is 0.479 e. The van der Waals surface area contributed by atoms with Gasteiger partial charge in [0.1, 0.15) is 12.4 Å². The fourth-order valence-electron chi connectivity index (χ4n) is 1.18. The molecule has 0 spiro atoms. The number of halogens is 1. The first-order valence-corrected chi connectivity index (χ1v) is 6.31. The Kier molecular flexibility index (Phi) is 7.01. The highest BCUT2D eigenvalue weighted by molar-refractivity contribution is 6.32. The quantitative estimate of drug-likeness (QED) is 0.518. The van der Waals surface area contributed by atoms with Crippen LogP contribution in [0.3, 0.4) is 0 Å². The topological polar surface area (TPSA) is 64.6 Å². The Labute approximate surface area is 122 Å². The van der Waals surface area contributed by atoms with Gasteiger partial charge >= 0.3 is 11.9 Å². The molecule has 0 fully saturated rings. The van der Waals surface area contributed by atoms with E-state index in [0.29, 0.717) is 10.8 Å². The third-order valence-corrected chi connectivity index (χ3v) is 2.37. The Morgan fingerprint density at radius 2 is 2.05 bits per heavy atom. The molecule has 1 amide bonds. The number of benzene rings is 1. The molecule has 1 aromatic rings. The molecule has 0 heterocycles. The van der Waals surface area contributed by atoms with Gasteiger partial charge in [0.05, 0.1) is 18.2 Å². The number of nitrogens with one attached hydrogen (secondary N) is 1. The Morgan fingerprint density at radius 3 is 2.75 bits per heavy atom. The number of rotatable bonds is 4.